The zero-order valence-corrected chi connectivity index (χ0v) is 18.4. The third-order valence-electron chi connectivity index (χ3n) is 5.80. The third-order valence-corrected chi connectivity index (χ3v) is 7.69. The Labute approximate surface area is 178 Å². The first-order valence-corrected chi connectivity index (χ1v) is 11.8. The maximum absolute atomic E-state index is 12.9. The summed E-state index contributed by atoms with van der Waals surface area (Å²) in [5, 5.41) is 2.71. The number of esters is 1. The van der Waals surface area contributed by atoms with Crippen molar-refractivity contribution in [3.8, 4) is 0 Å². The lowest BCUT2D eigenvalue weighted by atomic mass is 9.98. The molecule has 8 nitrogen and oxygen atoms in total. The maximum atomic E-state index is 12.9. The number of hydrogen-bond acceptors (Lipinski definition) is 6. The molecule has 30 heavy (non-hydrogen) atoms. The topological polar surface area (TPSA) is 102 Å². The molecule has 3 rings (SSSR count). The largest absolute Gasteiger partial charge is 0.455 e. The van der Waals surface area contributed by atoms with Gasteiger partial charge in [0.1, 0.15) is 0 Å². The Balaban J connectivity index is 1.44. The second-order valence-electron chi connectivity index (χ2n) is 7.97. The number of nitrogens with one attached hydrogen (secondary N) is 1. The molecule has 1 N–H and O–H groups in total. The predicted molar refractivity (Wildman–Crippen MR) is 110 cm³/mol. The number of carbonyl (C=O) groups is 2. The van der Waals surface area contributed by atoms with Crippen molar-refractivity contribution in [1.82, 2.24) is 9.62 Å². The van der Waals surface area contributed by atoms with Crippen LogP contribution in [0, 0.1) is 19.8 Å². The molecule has 0 unspecified atom stereocenters. The van der Waals surface area contributed by atoms with Crippen molar-refractivity contribution in [3.63, 3.8) is 0 Å². The molecule has 0 spiro atoms. The van der Waals surface area contributed by atoms with Crippen LogP contribution in [0.1, 0.15) is 36.8 Å². The van der Waals surface area contributed by atoms with Crippen LogP contribution in [0.4, 0.5) is 0 Å². The van der Waals surface area contributed by atoms with Gasteiger partial charge in [-0.3, -0.25) is 9.59 Å². The first kappa shape index (κ1) is 22.7. The lowest BCUT2D eigenvalue weighted by Gasteiger charge is -2.30. The summed E-state index contributed by atoms with van der Waals surface area (Å²) in [6.45, 7) is 5.13. The molecule has 1 amide bonds. The van der Waals surface area contributed by atoms with Gasteiger partial charge < -0.3 is 14.8 Å². The number of piperidine rings is 1. The number of nitrogens with zero attached hydrogens (tertiary/aromatic N) is 1. The van der Waals surface area contributed by atoms with Crippen LogP contribution in [0.2, 0.25) is 0 Å². The summed E-state index contributed by atoms with van der Waals surface area (Å²) in [7, 11) is -3.59. The van der Waals surface area contributed by atoms with Crippen LogP contribution in [0.3, 0.4) is 0 Å². The highest BCUT2D eigenvalue weighted by Gasteiger charge is 2.33. The first-order chi connectivity index (χ1) is 14.3. The molecule has 166 valence electrons. The summed E-state index contributed by atoms with van der Waals surface area (Å²) >= 11 is 0. The van der Waals surface area contributed by atoms with Crippen molar-refractivity contribution in [1.29, 1.82) is 0 Å². The van der Waals surface area contributed by atoms with Gasteiger partial charge in [0.2, 0.25) is 10.0 Å². The van der Waals surface area contributed by atoms with E-state index in [1.807, 2.05) is 13.8 Å². The number of hydrogen-bond donors (Lipinski definition) is 1. The van der Waals surface area contributed by atoms with Crippen LogP contribution < -0.4 is 5.32 Å². The highest BCUT2D eigenvalue weighted by molar-refractivity contribution is 7.89. The lowest BCUT2D eigenvalue weighted by Crippen LogP contribution is -2.41. The van der Waals surface area contributed by atoms with E-state index in [0.717, 1.165) is 24.0 Å². The second kappa shape index (κ2) is 9.89. The molecule has 9 heteroatoms. The Hall–Kier alpha value is -1.97. The Morgan fingerprint density at radius 2 is 1.90 bits per heavy atom. The number of ether oxygens (including phenoxy) is 2. The average Bonchev–Trinajstić information content (AvgIpc) is 3.26. The lowest BCUT2D eigenvalue weighted by molar-refractivity contribution is -0.153. The number of amides is 1. The van der Waals surface area contributed by atoms with Gasteiger partial charge in [0.15, 0.2) is 6.61 Å². The predicted octanol–water partition coefficient (Wildman–Crippen LogP) is 1.54. The molecule has 0 radical (unpaired) electrons. The van der Waals surface area contributed by atoms with Crippen molar-refractivity contribution >= 4 is 21.9 Å². The molecule has 2 saturated heterocycles. The Bertz CT molecular complexity index is 871. The van der Waals surface area contributed by atoms with Crippen LogP contribution in [0.5, 0.6) is 0 Å². The molecule has 1 aromatic carbocycles. The molecule has 1 aromatic rings. The fourth-order valence-electron chi connectivity index (χ4n) is 3.69. The highest BCUT2D eigenvalue weighted by Crippen LogP contribution is 2.25. The number of sulfonamides is 1. The quantitative estimate of drug-likeness (QED) is 0.648. The van der Waals surface area contributed by atoms with Gasteiger partial charge in [0.25, 0.3) is 5.91 Å². The SMILES string of the molecule is Cc1ccc(S(=O)(=O)N2CCC(C(=O)OCC(=O)NC[C@H]3CCCO3)CC2)cc1C. The van der Waals surface area contributed by atoms with E-state index in [1.54, 1.807) is 18.2 Å². The molecule has 2 heterocycles. The molecule has 2 fully saturated rings. The van der Waals surface area contributed by atoms with E-state index in [9.17, 15) is 18.0 Å². The van der Waals surface area contributed by atoms with E-state index < -0.39 is 21.9 Å². The van der Waals surface area contributed by atoms with E-state index in [1.165, 1.54) is 4.31 Å². The smallest absolute Gasteiger partial charge is 0.309 e. The van der Waals surface area contributed by atoms with E-state index in [0.29, 0.717) is 26.0 Å². The van der Waals surface area contributed by atoms with Gasteiger partial charge in [-0.2, -0.15) is 4.31 Å². The molecule has 2 aliphatic heterocycles. The van der Waals surface area contributed by atoms with Gasteiger partial charge in [0, 0.05) is 26.2 Å². The van der Waals surface area contributed by atoms with Gasteiger partial charge in [0.05, 0.1) is 16.9 Å². The van der Waals surface area contributed by atoms with Gasteiger partial charge in [-0.1, -0.05) is 6.07 Å². The normalized spacial score (nSPS) is 20.8. The maximum Gasteiger partial charge on any atom is 0.309 e. The minimum atomic E-state index is -3.59. The second-order valence-corrected chi connectivity index (χ2v) is 9.91. The van der Waals surface area contributed by atoms with Gasteiger partial charge in [-0.25, -0.2) is 8.42 Å². The molecule has 0 saturated carbocycles. The number of benzene rings is 1. The first-order valence-electron chi connectivity index (χ1n) is 10.4. The van der Waals surface area contributed by atoms with Crippen LogP contribution in [-0.2, 0) is 29.1 Å². The van der Waals surface area contributed by atoms with Crippen LogP contribution in [0.25, 0.3) is 0 Å². The van der Waals surface area contributed by atoms with Crippen molar-refractivity contribution in [3.05, 3.63) is 29.3 Å². The van der Waals surface area contributed by atoms with Crippen LogP contribution >= 0.6 is 0 Å². The Kier molecular flexibility index (Phi) is 7.49. The summed E-state index contributed by atoms with van der Waals surface area (Å²) in [4.78, 5) is 24.4. The van der Waals surface area contributed by atoms with Gasteiger partial charge in [-0.05, 0) is 62.8 Å². The molecule has 1 atom stereocenters. The third kappa shape index (κ3) is 5.59. The van der Waals surface area contributed by atoms with Crippen LogP contribution in [0.15, 0.2) is 23.1 Å². The van der Waals surface area contributed by atoms with Crippen molar-refractivity contribution < 1.29 is 27.5 Å². The molecular formula is C21H30N2O6S. The van der Waals surface area contributed by atoms with E-state index in [4.69, 9.17) is 9.47 Å². The van der Waals surface area contributed by atoms with Crippen molar-refractivity contribution in [2.24, 2.45) is 5.92 Å². The van der Waals surface area contributed by atoms with Gasteiger partial charge in [-0.15, -0.1) is 0 Å². The fourth-order valence-corrected chi connectivity index (χ4v) is 5.25. The summed E-state index contributed by atoms with van der Waals surface area (Å²) in [5.74, 6) is -1.21. The van der Waals surface area contributed by atoms with E-state index in [2.05, 4.69) is 5.32 Å². The van der Waals surface area contributed by atoms with Gasteiger partial charge >= 0.3 is 5.97 Å². The Morgan fingerprint density at radius 3 is 2.53 bits per heavy atom. The standard InChI is InChI=1S/C21H30N2O6S/c1-15-5-6-19(12-16(15)2)30(26,27)23-9-7-17(8-10-23)21(25)29-14-20(24)22-13-18-4-3-11-28-18/h5-6,12,17-18H,3-4,7-11,13-14H2,1-2H3,(H,22,24)/t18-/m1/s1. The van der Waals surface area contributed by atoms with Crippen LogP contribution in [-0.4, -0.2) is 63.6 Å². The molecule has 0 aromatic heterocycles. The highest BCUT2D eigenvalue weighted by atomic mass is 32.2. The van der Waals surface area contributed by atoms with Crippen molar-refractivity contribution in [2.75, 3.05) is 32.8 Å². The molecule has 0 aliphatic carbocycles. The zero-order chi connectivity index (χ0) is 21.7. The number of carbonyl (C=O) groups excluding carboxylic acids is 2. The minimum Gasteiger partial charge on any atom is -0.455 e. The molecule has 0 bridgehead atoms. The summed E-state index contributed by atoms with van der Waals surface area (Å²) in [6.07, 6.45) is 2.70. The fraction of sp³-hybridized carbons (Fsp3) is 0.619. The molecule has 2 aliphatic rings. The summed E-state index contributed by atoms with van der Waals surface area (Å²) in [6, 6.07) is 5.10. The minimum absolute atomic E-state index is 0.0354. The summed E-state index contributed by atoms with van der Waals surface area (Å²) < 4.78 is 37.7. The molecular weight excluding hydrogens is 408 g/mol. The summed E-state index contributed by atoms with van der Waals surface area (Å²) in [5.41, 5.74) is 1.96. The van der Waals surface area contributed by atoms with E-state index in [-0.39, 0.29) is 36.6 Å². The average molecular weight is 439 g/mol. The number of aryl methyl sites for hydroxylation is 2. The number of rotatable bonds is 7. The van der Waals surface area contributed by atoms with Crippen molar-refractivity contribution in [2.45, 2.75) is 50.5 Å². The monoisotopic (exact) mass is 438 g/mol. The Morgan fingerprint density at radius 1 is 1.17 bits per heavy atom. The zero-order valence-electron chi connectivity index (χ0n) is 17.6. The van der Waals surface area contributed by atoms with E-state index >= 15 is 0 Å².